The van der Waals surface area contributed by atoms with Crippen LogP contribution in [0.5, 0.6) is 0 Å². The van der Waals surface area contributed by atoms with E-state index in [9.17, 15) is 0 Å². The third-order valence-corrected chi connectivity index (χ3v) is 7.08. The summed E-state index contributed by atoms with van der Waals surface area (Å²) in [5, 5.41) is 3.71. The monoisotopic (exact) mass is 451 g/mol. The van der Waals surface area contributed by atoms with Gasteiger partial charge in [0.15, 0.2) is 5.96 Å². The van der Waals surface area contributed by atoms with E-state index in [2.05, 4.69) is 36.0 Å². The first-order chi connectivity index (χ1) is 10.9. The van der Waals surface area contributed by atoms with Gasteiger partial charge in [0.2, 0.25) is 0 Å². The van der Waals surface area contributed by atoms with Gasteiger partial charge in [-0.15, -0.1) is 24.0 Å². The molecule has 0 aromatic carbocycles. The molecule has 1 N–H and O–H groups in total. The number of nitrogens with zero attached hydrogens (tertiary/aromatic N) is 2. The summed E-state index contributed by atoms with van der Waals surface area (Å²) in [4.78, 5) is 7.02. The second-order valence-electron chi connectivity index (χ2n) is 8.39. The Kier molecular flexibility index (Phi) is 6.13. The van der Waals surface area contributed by atoms with E-state index in [1.165, 1.54) is 19.3 Å². The Morgan fingerprint density at radius 1 is 1.21 bits per heavy atom. The lowest BCUT2D eigenvalue weighted by Crippen LogP contribution is -2.69. The minimum atomic E-state index is -0.0452. The number of rotatable bonds is 2. The second kappa shape index (κ2) is 7.27. The lowest BCUT2D eigenvalue weighted by Gasteiger charge is -2.59. The van der Waals surface area contributed by atoms with Crippen LogP contribution in [0, 0.1) is 10.8 Å². The molecule has 2 unspecified atom stereocenters. The van der Waals surface area contributed by atoms with Gasteiger partial charge >= 0.3 is 0 Å². The Bertz CT molecular complexity index is 477. The molecule has 0 aromatic rings. The first kappa shape index (κ1) is 20.2. The minimum absolute atomic E-state index is 0. The normalized spacial score (nSPS) is 34.6. The highest BCUT2D eigenvalue weighted by Crippen LogP contribution is 2.51. The number of guanidine groups is 1. The van der Waals surface area contributed by atoms with Crippen LogP contribution in [0.3, 0.4) is 0 Å². The predicted molar refractivity (Wildman–Crippen MR) is 108 cm³/mol. The molecule has 6 heteroatoms. The summed E-state index contributed by atoms with van der Waals surface area (Å²) in [6, 6.07) is 0.414. The standard InChI is InChI=1S/C18H33N3O2.HI/c1-16(2)14(12-17(16,3)22-5)20-15(19-4)21-9-6-18(13-21)7-10-23-11-8-18;/h14H,6-13H2,1-5H3,(H,19,20);1H. The number of hydrogen-bond donors (Lipinski definition) is 1. The maximum Gasteiger partial charge on any atom is 0.193 e. The smallest absolute Gasteiger partial charge is 0.193 e. The van der Waals surface area contributed by atoms with Crippen molar-refractivity contribution in [3.8, 4) is 0 Å². The Hall–Kier alpha value is -0.0800. The molecule has 3 fully saturated rings. The summed E-state index contributed by atoms with van der Waals surface area (Å²) in [5.74, 6) is 1.06. The zero-order valence-electron chi connectivity index (χ0n) is 15.9. The molecular weight excluding hydrogens is 417 g/mol. The van der Waals surface area contributed by atoms with Crippen molar-refractivity contribution in [2.75, 3.05) is 40.5 Å². The van der Waals surface area contributed by atoms with Crippen LogP contribution < -0.4 is 5.32 Å². The minimum Gasteiger partial charge on any atom is -0.381 e. The summed E-state index contributed by atoms with van der Waals surface area (Å²) >= 11 is 0. The average molecular weight is 451 g/mol. The molecule has 2 saturated heterocycles. The lowest BCUT2D eigenvalue weighted by atomic mass is 9.56. The van der Waals surface area contributed by atoms with Gasteiger partial charge in [0.25, 0.3) is 0 Å². The summed E-state index contributed by atoms with van der Waals surface area (Å²) in [6.45, 7) is 10.8. The van der Waals surface area contributed by atoms with Crippen molar-refractivity contribution >= 4 is 29.9 Å². The van der Waals surface area contributed by atoms with Crippen molar-refractivity contribution in [1.82, 2.24) is 10.2 Å². The number of hydrogen-bond acceptors (Lipinski definition) is 3. The summed E-state index contributed by atoms with van der Waals surface area (Å²) in [7, 11) is 3.72. The van der Waals surface area contributed by atoms with E-state index >= 15 is 0 Å². The summed E-state index contributed by atoms with van der Waals surface area (Å²) in [5.41, 5.74) is 0.510. The highest BCUT2D eigenvalue weighted by atomic mass is 127. The zero-order valence-corrected chi connectivity index (χ0v) is 18.2. The van der Waals surface area contributed by atoms with Crippen molar-refractivity contribution in [1.29, 1.82) is 0 Å². The molecule has 1 aliphatic carbocycles. The van der Waals surface area contributed by atoms with Crippen LogP contribution in [0.15, 0.2) is 4.99 Å². The fourth-order valence-corrected chi connectivity index (χ4v) is 4.50. The van der Waals surface area contributed by atoms with Gasteiger partial charge in [-0.05, 0) is 38.0 Å². The molecule has 140 valence electrons. The fraction of sp³-hybridized carbons (Fsp3) is 0.944. The Morgan fingerprint density at radius 3 is 2.42 bits per heavy atom. The van der Waals surface area contributed by atoms with Gasteiger partial charge in [0.05, 0.1) is 5.60 Å². The average Bonchev–Trinajstić information content (AvgIpc) is 2.94. The van der Waals surface area contributed by atoms with Crippen LogP contribution >= 0.6 is 24.0 Å². The number of likely N-dealkylation sites (tertiary alicyclic amines) is 1. The van der Waals surface area contributed by atoms with E-state index in [4.69, 9.17) is 9.47 Å². The van der Waals surface area contributed by atoms with Crippen molar-refractivity contribution in [3.63, 3.8) is 0 Å². The molecule has 24 heavy (non-hydrogen) atoms. The van der Waals surface area contributed by atoms with E-state index in [-0.39, 0.29) is 35.0 Å². The molecule has 1 saturated carbocycles. The van der Waals surface area contributed by atoms with E-state index in [1.807, 2.05) is 14.2 Å². The molecule has 3 aliphatic rings. The highest BCUT2D eigenvalue weighted by molar-refractivity contribution is 14.0. The molecule has 5 nitrogen and oxygen atoms in total. The number of aliphatic imine (C=N–C) groups is 1. The summed E-state index contributed by atoms with van der Waals surface area (Å²) in [6.07, 6.45) is 4.68. The quantitative estimate of drug-likeness (QED) is 0.399. The maximum absolute atomic E-state index is 5.74. The molecular formula is C18H34IN3O2. The van der Waals surface area contributed by atoms with E-state index in [0.717, 1.165) is 38.7 Å². The van der Waals surface area contributed by atoms with Crippen LogP contribution in [0.25, 0.3) is 0 Å². The van der Waals surface area contributed by atoms with Crippen LogP contribution in [0.4, 0.5) is 0 Å². The lowest BCUT2D eigenvalue weighted by molar-refractivity contribution is -0.177. The van der Waals surface area contributed by atoms with Crippen molar-refractivity contribution in [3.05, 3.63) is 0 Å². The molecule has 3 rings (SSSR count). The van der Waals surface area contributed by atoms with Crippen molar-refractivity contribution in [2.45, 2.75) is 58.1 Å². The van der Waals surface area contributed by atoms with Gasteiger partial charge in [-0.1, -0.05) is 13.8 Å². The molecule has 0 bridgehead atoms. The third-order valence-electron chi connectivity index (χ3n) is 7.08. The second-order valence-corrected chi connectivity index (χ2v) is 8.39. The van der Waals surface area contributed by atoms with Crippen molar-refractivity contribution < 1.29 is 9.47 Å². The summed E-state index contributed by atoms with van der Waals surface area (Å²) < 4.78 is 11.3. The molecule has 0 aromatic heterocycles. The molecule has 0 radical (unpaired) electrons. The number of nitrogens with one attached hydrogen (secondary N) is 1. The first-order valence-electron chi connectivity index (χ1n) is 8.97. The van der Waals surface area contributed by atoms with Crippen LogP contribution in [-0.4, -0.2) is 63.0 Å². The molecule has 2 atom stereocenters. The van der Waals surface area contributed by atoms with Crippen LogP contribution in [0.1, 0.15) is 46.5 Å². The van der Waals surface area contributed by atoms with Crippen LogP contribution in [0.2, 0.25) is 0 Å². The fourth-order valence-electron chi connectivity index (χ4n) is 4.50. The SMILES string of the molecule is CN=C(NC1CC(C)(OC)C1(C)C)N1CCC2(CCOCC2)C1.I. The van der Waals surface area contributed by atoms with Gasteiger partial charge < -0.3 is 19.7 Å². The van der Waals surface area contributed by atoms with Gasteiger partial charge in [0, 0.05) is 51.9 Å². The maximum atomic E-state index is 5.74. The Morgan fingerprint density at radius 2 is 1.88 bits per heavy atom. The van der Waals surface area contributed by atoms with Crippen LogP contribution in [-0.2, 0) is 9.47 Å². The Labute approximate surface area is 164 Å². The molecule has 1 spiro atoms. The number of methoxy groups -OCH3 is 1. The highest BCUT2D eigenvalue weighted by Gasteiger charge is 2.58. The van der Waals surface area contributed by atoms with Gasteiger partial charge in [-0.2, -0.15) is 0 Å². The largest absolute Gasteiger partial charge is 0.381 e. The molecule has 2 aliphatic heterocycles. The van der Waals surface area contributed by atoms with Crippen molar-refractivity contribution in [2.24, 2.45) is 15.8 Å². The zero-order chi connectivity index (χ0) is 16.7. The van der Waals surface area contributed by atoms with Gasteiger partial charge in [-0.3, -0.25) is 4.99 Å². The Balaban J connectivity index is 0.00000208. The third kappa shape index (κ3) is 3.30. The number of ether oxygens (including phenoxy) is 2. The first-order valence-corrected chi connectivity index (χ1v) is 8.97. The molecule has 2 heterocycles. The van der Waals surface area contributed by atoms with E-state index < -0.39 is 0 Å². The van der Waals surface area contributed by atoms with Gasteiger partial charge in [0.1, 0.15) is 0 Å². The van der Waals surface area contributed by atoms with E-state index in [1.54, 1.807) is 0 Å². The molecule has 0 amide bonds. The number of halogens is 1. The van der Waals surface area contributed by atoms with E-state index in [0.29, 0.717) is 11.5 Å². The topological polar surface area (TPSA) is 46.1 Å². The van der Waals surface area contributed by atoms with Gasteiger partial charge in [-0.25, -0.2) is 0 Å². The predicted octanol–water partition coefficient (Wildman–Crippen LogP) is 2.89.